The minimum atomic E-state index is -0.811. The standard InChI is InChI=1S/C21H24ClN3O3/c1-28-21(15-5-12-4-13(7-15)8-16(21)6-12)11-24-19(26)20(27)25-18-9-17(22)3-2-14(18)10-23/h2-3,9,12-13,15-16H,4-8,11H2,1H3,(H,24,26)(H,25,27). The van der Waals surface area contributed by atoms with Crippen LogP contribution in [0.15, 0.2) is 18.2 Å². The van der Waals surface area contributed by atoms with E-state index in [1.807, 2.05) is 6.07 Å². The molecule has 0 heterocycles. The van der Waals surface area contributed by atoms with E-state index in [9.17, 15) is 9.59 Å². The molecule has 0 unspecified atom stereocenters. The molecule has 2 N–H and O–H groups in total. The fourth-order valence-corrected chi connectivity index (χ4v) is 6.04. The molecule has 0 radical (unpaired) electrons. The molecule has 28 heavy (non-hydrogen) atoms. The summed E-state index contributed by atoms with van der Waals surface area (Å²) in [6.07, 6.45) is 5.93. The lowest BCUT2D eigenvalue weighted by atomic mass is 9.49. The summed E-state index contributed by atoms with van der Waals surface area (Å²) in [5.74, 6) is 0.919. The van der Waals surface area contributed by atoms with Gasteiger partial charge in [-0.1, -0.05) is 11.6 Å². The average Bonchev–Trinajstić information content (AvgIpc) is 2.67. The van der Waals surface area contributed by atoms with Gasteiger partial charge in [0, 0.05) is 18.7 Å². The van der Waals surface area contributed by atoms with Crippen molar-refractivity contribution in [1.82, 2.24) is 5.32 Å². The maximum absolute atomic E-state index is 12.4. The second-order valence-electron chi connectivity index (χ2n) is 8.40. The number of carbonyl (C=O) groups is 2. The van der Waals surface area contributed by atoms with Crippen LogP contribution in [0, 0.1) is 35.0 Å². The summed E-state index contributed by atoms with van der Waals surface area (Å²) in [6.45, 7) is 0.338. The molecular formula is C21H24ClN3O3. The van der Waals surface area contributed by atoms with Gasteiger partial charge in [-0.05, 0) is 74.0 Å². The number of methoxy groups -OCH3 is 1. The Morgan fingerprint density at radius 3 is 2.39 bits per heavy atom. The van der Waals surface area contributed by atoms with Crippen molar-refractivity contribution >= 4 is 29.1 Å². The Kier molecular flexibility index (Phi) is 5.07. The molecule has 2 amide bonds. The third-order valence-corrected chi connectivity index (χ3v) is 7.22. The zero-order valence-corrected chi connectivity index (χ0v) is 16.6. The number of ether oxygens (including phenoxy) is 1. The van der Waals surface area contributed by atoms with E-state index in [1.165, 1.54) is 18.6 Å². The minimum Gasteiger partial charge on any atom is -0.376 e. The zero-order chi connectivity index (χ0) is 19.9. The van der Waals surface area contributed by atoms with E-state index in [-0.39, 0.29) is 16.9 Å². The molecule has 5 rings (SSSR count). The van der Waals surface area contributed by atoms with Crippen LogP contribution in [0.1, 0.15) is 37.7 Å². The molecule has 0 spiro atoms. The smallest absolute Gasteiger partial charge is 0.313 e. The number of halogens is 1. The summed E-state index contributed by atoms with van der Waals surface area (Å²) in [5, 5.41) is 14.8. The van der Waals surface area contributed by atoms with Gasteiger partial charge >= 0.3 is 11.8 Å². The Bertz CT molecular complexity index is 820. The van der Waals surface area contributed by atoms with Gasteiger partial charge in [0.25, 0.3) is 0 Å². The van der Waals surface area contributed by atoms with E-state index in [0.29, 0.717) is 23.4 Å². The molecule has 7 heteroatoms. The van der Waals surface area contributed by atoms with Crippen LogP contribution < -0.4 is 10.6 Å². The molecule has 4 aliphatic carbocycles. The van der Waals surface area contributed by atoms with Gasteiger partial charge in [0.1, 0.15) is 6.07 Å². The fourth-order valence-electron chi connectivity index (χ4n) is 5.87. The molecule has 4 fully saturated rings. The van der Waals surface area contributed by atoms with Crippen molar-refractivity contribution < 1.29 is 14.3 Å². The number of nitriles is 1. The lowest BCUT2D eigenvalue weighted by Crippen LogP contribution is -2.63. The van der Waals surface area contributed by atoms with E-state index in [1.54, 1.807) is 13.2 Å². The second kappa shape index (κ2) is 7.38. The van der Waals surface area contributed by atoms with Crippen LogP contribution in [0.4, 0.5) is 5.69 Å². The molecule has 0 atom stereocenters. The summed E-state index contributed by atoms with van der Waals surface area (Å²) >= 11 is 5.93. The van der Waals surface area contributed by atoms with Gasteiger partial charge in [-0.25, -0.2) is 0 Å². The van der Waals surface area contributed by atoms with Crippen LogP contribution in [-0.4, -0.2) is 31.1 Å². The highest BCUT2D eigenvalue weighted by Crippen LogP contribution is 2.59. The number of rotatable bonds is 4. The number of carbonyl (C=O) groups excluding carboxylic acids is 2. The first kappa shape index (κ1) is 19.2. The highest BCUT2D eigenvalue weighted by atomic mass is 35.5. The fraction of sp³-hybridized carbons (Fsp3) is 0.571. The average molecular weight is 402 g/mol. The monoisotopic (exact) mass is 401 g/mol. The van der Waals surface area contributed by atoms with Gasteiger partial charge < -0.3 is 15.4 Å². The number of anilines is 1. The highest BCUT2D eigenvalue weighted by molar-refractivity contribution is 6.40. The lowest BCUT2D eigenvalue weighted by Gasteiger charge is -2.60. The third-order valence-electron chi connectivity index (χ3n) is 6.98. The van der Waals surface area contributed by atoms with Crippen molar-refractivity contribution in [3.05, 3.63) is 28.8 Å². The number of hydrogen-bond acceptors (Lipinski definition) is 4. The van der Waals surface area contributed by atoms with Gasteiger partial charge in [0.05, 0.1) is 16.9 Å². The molecule has 6 nitrogen and oxygen atoms in total. The topological polar surface area (TPSA) is 91.2 Å². The van der Waals surface area contributed by atoms with Crippen molar-refractivity contribution in [2.45, 2.75) is 37.7 Å². The first-order valence-electron chi connectivity index (χ1n) is 9.79. The maximum Gasteiger partial charge on any atom is 0.313 e. The molecule has 4 saturated carbocycles. The van der Waals surface area contributed by atoms with Gasteiger partial charge in [-0.15, -0.1) is 0 Å². The van der Waals surface area contributed by atoms with E-state index in [2.05, 4.69) is 10.6 Å². The van der Waals surface area contributed by atoms with Crippen molar-refractivity contribution in [3.63, 3.8) is 0 Å². The van der Waals surface area contributed by atoms with E-state index in [0.717, 1.165) is 37.5 Å². The Labute approximate surface area is 169 Å². The Balaban J connectivity index is 1.42. The largest absolute Gasteiger partial charge is 0.376 e. The first-order valence-corrected chi connectivity index (χ1v) is 10.2. The highest BCUT2D eigenvalue weighted by Gasteiger charge is 2.57. The number of hydrogen-bond donors (Lipinski definition) is 2. The molecule has 1 aromatic rings. The summed E-state index contributed by atoms with van der Waals surface area (Å²) in [5.41, 5.74) is 0.100. The Morgan fingerprint density at radius 2 is 1.82 bits per heavy atom. The van der Waals surface area contributed by atoms with Crippen molar-refractivity contribution in [2.75, 3.05) is 19.0 Å². The van der Waals surface area contributed by atoms with Crippen LogP contribution in [-0.2, 0) is 14.3 Å². The summed E-state index contributed by atoms with van der Waals surface area (Å²) < 4.78 is 6.01. The molecule has 4 bridgehead atoms. The van der Waals surface area contributed by atoms with E-state index >= 15 is 0 Å². The number of nitrogens with one attached hydrogen (secondary N) is 2. The first-order chi connectivity index (χ1) is 13.4. The summed E-state index contributed by atoms with van der Waals surface area (Å²) in [6, 6.07) is 6.50. The van der Waals surface area contributed by atoms with E-state index < -0.39 is 11.8 Å². The minimum absolute atomic E-state index is 0.228. The van der Waals surface area contributed by atoms with E-state index in [4.69, 9.17) is 21.6 Å². The molecule has 0 aliphatic heterocycles. The maximum atomic E-state index is 12.4. The van der Waals surface area contributed by atoms with Crippen LogP contribution in [0.3, 0.4) is 0 Å². The normalized spacial score (nSPS) is 32.6. The SMILES string of the molecule is COC1(CNC(=O)C(=O)Nc2cc(Cl)ccc2C#N)C2CC3CC(C2)CC1C3. The van der Waals surface area contributed by atoms with Gasteiger partial charge in [-0.2, -0.15) is 5.26 Å². The number of benzene rings is 1. The van der Waals surface area contributed by atoms with Crippen molar-refractivity contribution in [3.8, 4) is 6.07 Å². The number of amides is 2. The summed E-state index contributed by atoms with van der Waals surface area (Å²) in [4.78, 5) is 24.8. The number of nitrogens with zero attached hydrogens (tertiary/aromatic N) is 1. The Hall–Kier alpha value is -2.10. The Morgan fingerprint density at radius 1 is 1.18 bits per heavy atom. The summed E-state index contributed by atoms with van der Waals surface area (Å²) in [7, 11) is 1.72. The molecule has 4 aliphatic rings. The van der Waals surface area contributed by atoms with Gasteiger partial charge in [0.2, 0.25) is 0 Å². The van der Waals surface area contributed by atoms with Crippen LogP contribution in [0.25, 0.3) is 0 Å². The quantitative estimate of drug-likeness (QED) is 0.758. The zero-order valence-electron chi connectivity index (χ0n) is 15.8. The van der Waals surface area contributed by atoms with Crippen molar-refractivity contribution in [1.29, 1.82) is 5.26 Å². The second-order valence-corrected chi connectivity index (χ2v) is 8.84. The molecular weight excluding hydrogens is 378 g/mol. The predicted octanol–water partition coefficient (Wildman–Crippen LogP) is 3.11. The molecule has 0 aromatic heterocycles. The lowest BCUT2D eigenvalue weighted by molar-refractivity contribution is -0.188. The molecule has 1 aromatic carbocycles. The molecule has 148 valence electrons. The molecule has 0 saturated heterocycles. The van der Waals surface area contributed by atoms with Crippen LogP contribution >= 0.6 is 11.6 Å². The van der Waals surface area contributed by atoms with Gasteiger partial charge in [-0.3, -0.25) is 9.59 Å². The predicted molar refractivity (Wildman–Crippen MR) is 105 cm³/mol. The van der Waals surface area contributed by atoms with Gasteiger partial charge in [0.15, 0.2) is 0 Å². The van der Waals surface area contributed by atoms with Crippen LogP contribution in [0.5, 0.6) is 0 Å². The van der Waals surface area contributed by atoms with Crippen molar-refractivity contribution in [2.24, 2.45) is 23.7 Å². The third kappa shape index (κ3) is 3.27. The van der Waals surface area contributed by atoms with Crippen LogP contribution in [0.2, 0.25) is 5.02 Å².